The molecule has 0 aliphatic carbocycles. The molecule has 0 saturated heterocycles. The first-order valence-electron chi connectivity index (χ1n) is 11.2. The van der Waals surface area contributed by atoms with E-state index in [-0.39, 0.29) is 17.1 Å². The molecule has 180 valence electrons. The van der Waals surface area contributed by atoms with Crippen molar-refractivity contribution >= 4 is 45.4 Å². The van der Waals surface area contributed by atoms with E-state index >= 15 is 0 Å². The molecule has 0 saturated carbocycles. The second-order valence-corrected chi connectivity index (χ2v) is 8.62. The Labute approximate surface area is 213 Å². The summed E-state index contributed by atoms with van der Waals surface area (Å²) in [6, 6.07) is 23.8. The number of aromatic nitrogens is 3. The molecule has 10 heteroatoms. The molecule has 0 atom stereocenters. The van der Waals surface area contributed by atoms with Crippen LogP contribution in [0.1, 0.15) is 5.69 Å². The van der Waals surface area contributed by atoms with Gasteiger partial charge < -0.3 is 8.98 Å². The minimum atomic E-state index is -0.450. The Kier molecular flexibility index (Phi) is 5.39. The zero-order valence-electron chi connectivity index (χ0n) is 19.0. The number of fused-ring (bicyclic) bond motifs is 2. The van der Waals surface area contributed by atoms with Crippen molar-refractivity contribution in [2.24, 2.45) is 5.10 Å². The zero-order chi connectivity index (χ0) is 25.5. The number of hydrogen-bond donors (Lipinski definition) is 0. The number of hydrogen-bond acceptors (Lipinski definition) is 6. The third kappa shape index (κ3) is 4.07. The number of nitrogens with zero attached hydrogens (tertiary/aromatic N) is 5. The largest absolute Gasteiger partial charge is 0.453 e. The van der Waals surface area contributed by atoms with Crippen LogP contribution in [0.4, 0.5) is 5.69 Å². The second-order valence-electron chi connectivity index (χ2n) is 8.18. The van der Waals surface area contributed by atoms with Gasteiger partial charge in [-0.3, -0.25) is 14.9 Å². The third-order valence-electron chi connectivity index (χ3n) is 5.88. The van der Waals surface area contributed by atoms with E-state index in [0.29, 0.717) is 38.7 Å². The van der Waals surface area contributed by atoms with Gasteiger partial charge in [-0.25, -0.2) is 4.98 Å². The molecule has 0 aliphatic heterocycles. The molecule has 0 unspecified atom stereocenters. The first-order chi connectivity index (χ1) is 18.0. The average Bonchev–Trinajstić information content (AvgIpc) is 3.55. The normalized spacial score (nSPS) is 11.6. The molecule has 9 nitrogen and oxygen atoms in total. The van der Waals surface area contributed by atoms with Crippen LogP contribution in [0.25, 0.3) is 39.1 Å². The summed E-state index contributed by atoms with van der Waals surface area (Å²) in [5.74, 6) is 0.601. The number of furan rings is 1. The molecular weight excluding hydrogens is 494 g/mol. The Morgan fingerprint density at radius 1 is 1.00 bits per heavy atom. The molecule has 6 aromatic rings. The van der Waals surface area contributed by atoms with E-state index in [9.17, 15) is 14.9 Å². The zero-order valence-corrected chi connectivity index (χ0v) is 19.7. The summed E-state index contributed by atoms with van der Waals surface area (Å²) in [4.78, 5) is 28.7. The SMILES string of the molecule is O=c1c2ccccc2nc(-c2cc3cc(Cl)ccc3o2)n1N=Cc1cccn1-c1ccc([N+](=O)[O-])cc1. The summed E-state index contributed by atoms with van der Waals surface area (Å²) in [5.41, 5.74) is 2.11. The van der Waals surface area contributed by atoms with E-state index in [1.807, 2.05) is 18.2 Å². The first kappa shape index (κ1) is 22.4. The summed E-state index contributed by atoms with van der Waals surface area (Å²) < 4.78 is 9.00. The highest BCUT2D eigenvalue weighted by atomic mass is 35.5. The topological polar surface area (TPSA) is 108 Å². The smallest absolute Gasteiger partial charge is 0.282 e. The van der Waals surface area contributed by atoms with Crippen LogP contribution in [0.15, 0.2) is 105 Å². The molecule has 0 fully saturated rings. The van der Waals surface area contributed by atoms with Gasteiger partial charge in [0.1, 0.15) is 5.58 Å². The fourth-order valence-corrected chi connectivity index (χ4v) is 4.28. The van der Waals surface area contributed by atoms with Crippen molar-refractivity contribution in [3.05, 3.63) is 122 Å². The van der Waals surface area contributed by atoms with Crippen molar-refractivity contribution in [1.29, 1.82) is 0 Å². The number of nitro groups is 1. The van der Waals surface area contributed by atoms with Crippen LogP contribution in [0.3, 0.4) is 0 Å². The van der Waals surface area contributed by atoms with Gasteiger partial charge in [0.2, 0.25) is 5.82 Å². The van der Waals surface area contributed by atoms with Crippen molar-refractivity contribution in [1.82, 2.24) is 14.2 Å². The van der Waals surface area contributed by atoms with E-state index in [1.165, 1.54) is 23.0 Å². The highest BCUT2D eigenvalue weighted by molar-refractivity contribution is 6.31. The lowest BCUT2D eigenvalue weighted by atomic mass is 10.2. The van der Waals surface area contributed by atoms with Gasteiger partial charge in [0.15, 0.2) is 5.76 Å². The van der Waals surface area contributed by atoms with E-state index in [0.717, 1.165) is 5.39 Å². The van der Waals surface area contributed by atoms with Crippen molar-refractivity contribution in [2.75, 3.05) is 0 Å². The van der Waals surface area contributed by atoms with Crippen molar-refractivity contribution in [3.63, 3.8) is 0 Å². The van der Waals surface area contributed by atoms with Crippen LogP contribution in [0.2, 0.25) is 5.02 Å². The Morgan fingerprint density at radius 2 is 1.81 bits per heavy atom. The Balaban J connectivity index is 1.48. The monoisotopic (exact) mass is 509 g/mol. The number of non-ortho nitro benzene ring substituents is 1. The molecule has 6 rings (SSSR count). The summed E-state index contributed by atoms with van der Waals surface area (Å²) >= 11 is 6.13. The standard InChI is InChI=1S/C27H16ClN5O4/c28-18-7-12-24-17(14-18)15-25(37-24)26-30-23-6-2-1-5-22(23)27(34)32(26)29-16-21-4-3-13-31(21)19-8-10-20(11-9-19)33(35)36/h1-16H. The second kappa shape index (κ2) is 8.89. The van der Waals surface area contributed by atoms with E-state index < -0.39 is 4.92 Å². The number of benzene rings is 3. The van der Waals surface area contributed by atoms with Crippen LogP contribution in [0.5, 0.6) is 0 Å². The van der Waals surface area contributed by atoms with Crippen LogP contribution in [-0.2, 0) is 0 Å². The van der Waals surface area contributed by atoms with E-state index in [4.69, 9.17) is 16.0 Å². The van der Waals surface area contributed by atoms with E-state index in [1.54, 1.807) is 65.4 Å². The predicted molar refractivity (Wildman–Crippen MR) is 142 cm³/mol. The summed E-state index contributed by atoms with van der Waals surface area (Å²) in [6.07, 6.45) is 3.33. The number of rotatable bonds is 5. The lowest BCUT2D eigenvalue weighted by Gasteiger charge is -2.08. The van der Waals surface area contributed by atoms with Gasteiger partial charge in [-0.05, 0) is 60.7 Å². The van der Waals surface area contributed by atoms with Crippen molar-refractivity contribution in [3.8, 4) is 17.3 Å². The Morgan fingerprint density at radius 3 is 2.62 bits per heavy atom. The van der Waals surface area contributed by atoms with Crippen LogP contribution >= 0.6 is 11.6 Å². The summed E-state index contributed by atoms with van der Waals surface area (Å²) in [5, 5.41) is 17.2. The van der Waals surface area contributed by atoms with Crippen LogP contribution in [-0.4, -0.2) is 25.4 Å². The number of halogens is 1. The molecule has 0 aliphatic rings. The summed E-state index contributed by atoms with van der Waals surface area (Å²) in [6.45, 7) is 0. The van der Waals surface area contributed by atoms with Crippen LogP contribution in [0, 0.1) is 10.1 Å². The van der Waals surface area contributed by atoms with E-state index in [2.05, 4.69) is 10.1 Å². The maximum Gasteiger partial charge on any atom is 0.282 e. The predicted octanol–water partition coefficient (Wildman–Crippen LogP) is 6.04. The average molecular weight is 510 g/mol. The Hall–Kier alpha value is -5.02. The minimum absolute atomic E-state index is 0.00308. The molecule has 0 spiro atoms. The first-order valence-corrected chi connectivity index (χ1v) is 11.5. The lowest BCUT2D eigenvalue weighted by molar-refractivity contribution is -0.384. The van der Waals surface area contributed by atoms with Gasteiger partial charge in [-0.15, -0.1) is 0 Å². The minimum Gasteiger partial charge on any atom is -0.453 e. The Bertz CT molecular complexity index is 1900. The number of para-hydroxylation sites is 1. The molecule has 3 aromatic heterocycles. The van der Waals surface area contributed by atoms with Gasteiger partial charge in [0.05, 0.1) is 27.7 Å². The highest BCUT2D eigenvalue weighted by Gasteiger charge is 2.17. The molecule has 0 N–H and O–H groups in total. The molecule has 37 heavy (non-hydrogen) atoms. The fraction of sp³-hybridized carbons (Fsp3) is 0. The molecular formula is C27H16ClN5O4. The highest BCUT2D eigenvalue weighted by Crippen LogP contribution is 2.29. The van der Waals surface area contributed by atoms with Crippen molar-refractivity contribution < 1.29 is 9.34 Å². The maximum atomic E-state index is 13.5. The molecule has 3 heterocycles. The van der Waals surface area contributed by atoms with Crippen molar-refractivity contribution in [2.45, 2.75) is 0 Å². The summed E-state index contributed by atoms with van der Waals surface area (Å²) in [7, 11) is 0. The lowest BCUT2D eigenvalue weighted by Crippen LogP contribution is -2.20. The third-order valence-corrected chi connectivity index (χ3v) is 6.11. The quantitative estimate of drug-likeness (QED) is 0.160. The van der Waals surface area contributed by atoms with Gasteiger partial charge >= 0.3 is 0 Å². The maximum absolute atomic E-state index is 13.5. The molecule has 0 amide bonds. The molecule has 0 radical (unpaired) electrons. The van der Waals surface area contributed by atoms with Crippen LogP contribution < -0.4 is 5.56 Å². The molecule has 3 aromatic carbocycles. The number of nitro benzene ring substituents is 1. The van der Waals surface area contributed by atoms with Gasteiger partial charge in [0, 0.05) is 34.4 Å². The van der Waals surface area contributed by atoms with Gasteiger partial charge in [0.25, 0.3) is 11.2 Å². The fourth-order valence-electron chi connectivity index (χ4n) is 4.10. The molecule has 0 bridgehead atoms. The van der Waals surface area contributed by atoms with Gasteiger partial charge in [-0.1, -0.05) is 23.7 Å². The van der Waals surface area contributed by atoms with Gasteiger partial charge in [-0.2, -0.15) is 9.78 Å².